The Morgan fingerprint density at radius 2 is 1.60 bits per heavy atom. The lowest BCUT2D eigenvalue weighted by Crippen LogP contribution is -2.06. The highest BCUT2D eigenvalue weighted by Crippen LogP contribution is 1.82. The third-order valence-corrected chi connectivity index (χ3v) is 1.24. The van der Waals surface area contributed by atoms with Crippen LogP contribution in [0.1, 0.15) is 59.8 Å². The second-order valence-corrected chi connectivity index (χ2v) is 3.31. The fraction of sp³-hybridized carbons (Fsp3) is 0.917. The van der Waals surface area contributed by atoms with Gasteiger partial charge in [0.25, 0.3) is 0 Å². The number of rotatable bonds is 5. The lowest BCUT2D eigenvalue weighted by Gasteiger charge is -1.89. The van der Waals surface area contributed by atoms with Gasteiger partial charge in [0.2, 0.25) is 0 Å². The van der Waals surface area contributed by atoms with E-state index in [0.29, 0.717) is 6.42 Å². The van der Waals surface area contributed by atoms with Crippen LogP contribution in [0.15, 0.2) is 0 Å². The highest BCUT2D eigenvalue weighted by atomic mass is 16.4. The van der Waals surface area contributed by atoms with E-state index in [2.05, 4.69) is 26.1 Å². The van der Waals surface area contributed by atoms with Gasteiger partial charge in [-0.25, -0.2) is 0 Å². The van der Waals surface area contributed by atoms with Crippen LogP contribution in [0.3, 0.4) is 0 Å². The van der Waals surface area contributed by atoms with Gasteiger partial charge in [-0.05, 0) is 26.4 Å². The van der Waals surface area contributed by atoms with E-state index in [-0.39, 0.29) is 0 Å². The lowest BCUT2D eigenvalue weighted by atomic mass is 10.3. The second kappa shape index (κ2) is 23.3. The summed E-state index contributed by atoms with van der Waals surface area (Å²) in [7, 11) is 1.98. The Hall–Kier alpha value is -0.570. The van der Waals surface area contributed by atoms with E-state index in [0.717, 1.165) is 13.0 Å². The number of carboxylic acids is 1. The van der Waals surface area contributed by atoms with E-state index in [1.807, 2.05) is 14.0 Å². The van der Waals surface area contributed by atoms with Gasteiger partial charge in [0.05, 0.1) is 0 Å². The van der Waals surface area contributed by atoms with Gasteiger partial charge in [-0.1, -0.05) is 40.5 Å². The Kier molecular flexibility index (Phi) is 31.0. The molecule has 0 radical (unpaired) electrons. The van der Waals surface area contributed by atoms with Crippen molar-refractivity contribution in [2.75, 3.05) is 13.6 Å². The molecule has 0 aromatic heterocycles. The molecule has 0 amide bonds. The molecule has 0 unspecified atom stereocenters. The van der Waals surface area contributed by atoms with Crippen molar-refractivity contribution in [2.45, 2.75) is 59.8 Å². The first-order chi connectivity index (χ1) is 7.10. The van der Waals surface area contributed by atoms with Crippen LogP contribution < -0.4 is 5.32 Å². The van der Waals surface area contributed by atoms with Crippen molar-refractivity contribution >= 4 is 5.97 Å². The molecule has 0 aliphatic rings. The quantitative estimate of drug-likeness (QED) is 0.698. The van der Waals surface area contributed by atoms with Crippen LogP contribution in [0, 0.1) is 0 Å². The van der Waals surface area contributed by atoms with Crippen molar-refractivity contribution in [1.29, 1.82) is 0 Å². The lowest BCUT2D eigenvalue weighted by molar-refractivity contribution is -0.137. The van der Waals surface area contributed by atoms with E-state index >= 15 is 0 Å². The number of carboxylic acid groups (broad SMARTS) is 1. The average Bonchev–Trinajstić information content (AvgIpc) is 2.16. The number of unbranched alkanes of at least 4 members (excludes halogenated alkanes) is 1. The highest BCUT2D eigenvalue weighted by molar-refractivity contribution is 5.66. The minimum Gasteiger partial charge on any atom is -0.481 e. The molecule has 0 aromatic rings. The molecule has 94 valence electrons. The molecule has 0 aromatic carbocycles. The van der Waals surface area contributed by atoms with Gasteiger partial charge in [-0.3, -0.25) is 4.79 Å². The fourth-order valence-electron chi connectivity index (χ4n) is 0.567. The Morgan fingerprint density at radius 3 is 1.67 bits per heavy atom. The molecule has 0 bridgehead atoms. The van der Waals surface area contributed by atoms with Crippen LogP contribution in [-0.2, 0) is 4.79 Å². The fourth-order valence-corrected chi connectivity index (χ4v) is 0.567. The molecule has 3 nitrogen and oxygen atoms in total. The molecular weight excluding hydrogens is 190 g/mol. The molecule has 0 heterocycles. The smallest absolute Gasteiger partial charge is 0.303 e. The third-order valence-electron chi connectivity index (χ3n) is 1.24. The molecule has 0 spiro atoms. The van der Waals surface area contributed by atoms with Crippen LogP contribution in [0.4, 0.5) is 0 Å². The first-order valence-electron chi connectivity index (χ1n) is 5.96. The molecule has 2 N–H and O–H groups in total. The van der Waals surface area contributed by atoms with Crippen molar-refractivity contribution in [2.24, 2.45) is 0 Å². The molecule has 0 saturated carbocycles. The average molecular weight is 219 g/mol. The molecule has 15 heavy (non-hydrogen) atoms. The molecule has 3 heteroatoms. The Bertz CT molecular complexity index is 102. The van der Waals surface area contributed by atoms with Gasteiger partial charge in [0.1, 0.15) is 0 Å². The number of hydrogen-bond donors (Lipinski definition) is 2. The van der Waals surface area contributed by atoms with Gasteiger partial charge in [-0.2, -0.15) is 0 Å². The minimum atomic E-state index is -0.711. The second-order valence-electron chi connectivity index (χ2n) is 3.31. The molecule has 0 fully saturated rings. The van der Waals surface area contributed by atoms with Crippen molar-refractivity contribution in [3.63, 3.8) is 0 Å². The first kappa shape index (κ1) is 19.9. The minimum absolute atomic E-state index is 0.292. The van der Waals surface area contributed by atoms with Crippen LogP contribution >= 0.6 is 0 Å². The summed E-state index contributed by atoms with van der Waals surface area (Å²) in [6, 6.07) is 0. The number of nitrogens with one attached hydrogen (secondary N) is 1. The summed E-state index contributed by atoms with van der Waals surface area (Å²) in [5, 5.41) is 11.0. The number of carbonyl (C=O) groups is 1. The van der Waals surface area contributed by atoms with Gasteiger partial charge in [0, 0.05) is 6.42 Å². The van der Waals surface area contributed by atoms with E-state index in [4.69, 9.17) is 5.11 Å². The molecular formula is C12H29NO2. The van der Waals surface area contributed by atoms with E-state index < -0.39 is 5.97 Å². The van der Waals surface area contributed by atoms with Crippen LogP contribution in [-0.4, -0.2) is 24.7 Å². The summed E-state index contributed by atoms with van der Waals surface area (Å²) in [6.07, 6.45) is 4.87. The van der Waals surface area contributed by atoms with E-state index in [1.165, 1.54) is 19.3 Å². The summed E-state index contributed by atoms with van der Waals surface area (Å²) < 4.78 is 0. The van der Waals surface area contributed by atoms with Crippen molar-refractivity contribution in [1.82, 2.24) is 5.32 Å². The van der Waals surface area contributed by atoms with Crippen molar-refractivity contribution in [3.8, 4) is 0 Å². The van der Waals surface area contributed by atoms with Gasteiger partial charge >= 0.3 is 5.97 Å². The topological polar surface area (TPSA) is 49.3 Å². The van der Waals surface area contributed by atoms with Crippen molar-refractivity contribution in [3.05, 3.63) is 0 Å². The van der Waals surface area contributed by atoms with Gasteiger partial charge in [0.15, 0.2) is 0 Å². The monoisotopic (exact) mass is 219 g/mol. The maximum absolute atomic E-state index is 9.60. The summed E-state index contributed by atoms with van der Waals surface area (Å²) in [4.78, 5) is 9.60. The van der Waals surface area contributed by atoms with Gasteiger partial charge in [-0.15, -0.1) is 0 Å². The Balaban J connectivity index is -0.000000153. The standard InChI is InChI=1S/C5H13N.C4H8O2.C3H8/c1-3-4-5-6-2;1-2-3-4(5)6;1-3-2/h6H,3-5H2,1-2H3;2-3H2,1H3,(H,5,6);3H2,1-2H3. The third kappa shape index (κ3) is 59.5. The zero-order chi connectivity index (χ0) is 12.5. The predicted molar refractivity (Wildman–Crippen MR) is 67.3 cm³/mol. The van der Waals surface area contributed by atoms with E-state index in [9.17, 15) is 4.79 Å². The summed E-state index contributed by atoms with van der Waals surface area (Å²) >= 11 is 0. The Labute approximate surface area is 95.3 Å². The first-order valence-corrected chi connectivity index (χ1v) is 5.96. The summed E-state index contributed by atoms with van der Waals surface area (Å²) in [5.74, 6) is -0.711. The molecule has 0 saturated heterocycles. The van der Waals surface area contributed by atoms with E-state index in [1.54, 1.807) is 0 Å². The molecule has 0 atom stereocenters. The summed E-state index contributed by atoms with van der Waals surface area (Å²) in [6.45, 7) is 9.45. The van der Waals surface area contributed by atoms with Gasteiger partial charge < -0.3 is 10.4 Å². The maximum Gasteiger partial charge on any atom is 0.303 e. The molecule has 0 rings (SSSR count). The Morgan fingerprint density at radius 1 is 1.13 bits per heavy atom. The maximum atomic E-state index is 9.60. The number of aliphatic carboxylic acids is 1. The summed E-state index contributed by atoms with van der Waals surface area (Å²) in [5.41, 5.74) is 0. The molecule has 0 aliphatic carbocycles. The van der Waals surface area contributed by atoms with Crippen LogP contribution in [0.2, 0.25) is 0 Å². The van der Waals surface area contributed by atoms with Crippen LogP contribution in [0.5, 0.6) is 0 Å². The molecule has 0 aliphatic heterocycles. The van der Waals surface area contributed by atoms with Crippen LogP contribution in [0.25, 0.3) is 0 Å². The SMILES string of the molecule is CCC.CCCC(=O)O.CCCCNC. The normalized spacial score (nSPS) is 8.07. The largest absolute Gasteiger partial charge is 0.481 e. The predicted octanol–water partition coefficient (Wildman–Crippen LogP) is 3.29. The zero-order valence-corrected chi connectivity index (χ0v) is 11.1. The zero-order valence-electron chi connectivity index (χ0n) is 11.1. The highest BCUT2D eigenvalue weighted by Gasteiger charge is 1.87. The van der Waals surface area contributed by atoms with Crippen molar-refractivity contribution < 1.29 is 9.90 Å². The number of hydrogen-bond acceptors (Lipinski definition) is 2.